The Balaban J connectivity index is 1.76. The fourth-order valence-corrected chi connectivity index (χ4v) is 3.00. The Hall–Kier alpha value is -1.10. The molecule has 0 bridgehead atoms. The minimum atomic E-state index is -0.791. The molecular weight excluding hydrogens is 244 g/mol. The maximum absolute atomic E-state index is 12.1. The van der Waals surface area contributed by atoms with Gasteiger partial charge in [-0.3, -0.25) is 9.59 Å². The molecule has 19 heavy (non-hydrogen) atoms. The molecule has 2 heterocycles. The molecule has 1 amide bonds. The van der Waals surface area contributed by atoms with Crippen molar-refractivity contribution < 1.29 is 14.7 Å². The summed E-state index contributed by atoms with van der Waals surface area (Å²) in [4.78, 5) is 25.0. The standard InChI is InChI=1S/C14H24N2O3/c1-14(13(18)19)6-9-16(10-14)12(17)3-2-11-4-7-15-8-5-11/h11,15H,2-10H2,1H3,(H,18,19). The van der Waals surface area contributed by atoms with E-state index in [-0.39, 0.29) is 5.91 Å². The zero-order valence-electron chi connectivity index (χ0n) is 11.7. The van der Waals surface area contributed by atoms with E-state index in [1.165, 1.54) is 0 Å². The molecule has 0 aromatic heterocycles. The highest BCUT2D eigenvalue weighted by atomic mass is 16.4. The van der Waals surface area contributed by atoms with Crippen molar-refractivity contribution in [2.75, 3.05) is 26.2 Å². The molecule has 1 unspecified atom stereocenters. The molecule has 5 nitrogen and oxygen atoms in total. The molecule has 0 aliphatic carbocycles. The maximum atomic E-state index is 12.1. The van der Waals surface area contributed by atoms with Crippen LogP contribution < -0.4 is 5.32 Å². The zero-order chi connectivity index (χ0) is 13.9. The topological polar surface area (TPSA) is 69.6 Å². The van der Waals surface area contributed by atoms with Crippen molar-refractivity contribution in [2.24, 2.45) is 11.3 Å². The highest BCUT2D eigenvalue weighted by molar-refractivity contribution is 5.80. The Labute approximate surface area is 114 Å². The molecule has 0 radical (unpaired) electrons. The molecular formula is C14H24N2O3. The van der Waals surface area contributed by atoms with Crippen LogP contribution >= 0.6 is 0 Å². The first-order valence-electron chi connectivity index (χ1n) is 7.23. The van der Waals surface area contributed by atoms with E-state index >= 15 is 0 Å². The number of carboxylic acid groups (broad SMARTS) is 1. The van der Waals surface area contributed by atoms with Gasteiger partial charge >= 0.3 is 5.97 Å². The van der Waals surface area contributed by atoms with Crippen LogP contribution in [0.2, 0.25) is 0 Å². The third-order valence-electron chi connectivity index (χ3n) is 4.57. The second kappa shape index (κ2) is 5.90. The van der Waals surface area contributed by atoms with E-state index < -0.39 is 11.4 Å². The smallest absolute Gasteiger partial charge is 0.311 e. The molecule has 0 aromatic carbocycles. The van der Waals surface area contributed by atoms with Gasteiger partial charge in [-0.2, -0.15) is 0 Å². The van der Waals surface area contributed by atoms with E-state index in [0.717, 1.165) is 32.4 Å². The van der Waals surface area contributed by atoms with Gasteiger partial charge in [0.1, 0.15) is 0 Å². The number of carboxylic acids is 1. The minimum absolute atomic E-state index is 0.128. The SMILES string of the molecule is CC1(C(=O)O)CCN(C(=O)CCC2CCNCC2)C1. The average molecular weight is 268 g/mol. The number of aliphatic carboxylic acids is 1. The van der Waals surface area contributed by atoms with E-state index in [2.05, 4.69) is 5.32 Å². The van der Waals surface area contributed by atoms with E-state index in [4.69, 9.17) is 5.11 Å². The third kappa shape index (κ3) is 3.47. The van der Waals surface area contributed by atoms with Crippen molar-refractivity contribution >= 4 is 11.9 Å². The first kappa shape index (κ1) is 14.3. The molecule has 0 spiro atoms. The molecule has 0 saturated carbocycles. The van der Waals surface area contributed by atoms with Crippen LogP contribution in [0, 0.1) is 11.3 Å². The molecule has 2 N–H and O–H groups in total. The number of hydrogen-bond donors (Lipinski definition) is 2. The summed E-state index contributed by atoms with van der Waals surface area (Å²) in [6.07, 6.45) is 4.39. The number of carbonyl (C=O) groups is 2. The summed E-state index contributed by atoms with van der Waals surface area (Å²) in [5, 5.41) is 12.5. The third-order valence-corrected chi connectivity index (χ3v) is 4.57. The lowest BCUT2D eigenvalue weighted by Gasteiger charge is -2.24. The van der Waals surface area contributed by atoms with Crippen molar-refractivity contribution in [3.8, 4) is 0 Å². The molecule has 5 heteroatoms. The van der Waals surface area contributed by atoms with Gasteiger partial charge in [-0.25, -0.2) is 0 Å². The number of amides is 1. The second-order valence-corrected chi connectivity index (χ2v) is 6.16. The van der Waals surface area contributed by atoms with Gasteiger partial charge in [0.05, 0.1) is 5.41 Å². The van der Waals surface area contributed by atoms with Crippen LogP contribution in [0.3, 0.4) is 0 Å². The first-order valence-corrected chi connectivity index (χ1v) is 7.23. The van der Waals surface area contributed by atoms with Crippen molar-refractivity contribution in [2.45, 2.75) is 39.0 Å². The Morgan fingerprint density at radius 3 is 2.63 bits per heavy atom. The number of nitrogens with zero attached hydrogens (tertiary/aromatic N) is 1. The van der Waals surface area contributed by atoms with Gasteiger partial charge in [0, 0.05) is 19.5 Å². The van der Waals surface area contributed by atoms with E-state index in [9.17, 15) is 9.59 Å². The highest BCUT2D eigenvalue weighted by Gasteiger charge is 2.41. The minimum Gasteiger partial charge on any atom is -0.481 e. The largest absolute Gasteiger partial charge is 0.481 e. The first-order chi connectivity index (χ1) is 9.01. The zero-order valence-corrected chi connectivity index (χ0v) is 11.7. The van der Waals surface area contributed by atoms with Gasteiger partial charge in [0.15, 0.2) is 0 Å². The Bertz CT molecular complexity index is 353. The van der Waals surface area contributed by atoms with E-state index in [1.54, 1.807) is 11.8 Å². The lowest BCUT2D eigenvalue weighted by Crippen LogP contribution is -2.35. The Kier molecular flexibility index (Phi) is 4.45. The van der Waals surface area contributed by atoms with Crippen LogP contribution in [0.25, 0.3) is 0 Å². The van der Waals surface area contributed by atoms with Gasteiger partial charge in [-0.1, -0.05) is 0 Å². The number of piperidine rings is 1. The summed E-state index contributed by atoms with van der Waals surface area (Å²) < 4.78 is 0. The maximum Gasteiger partial charge on any atom is 0.311 e. The summed E-state index contributed by atoms with van der Waals surface area (Å²) in [5.74, 6) is -0.0108. The van der Waals surface area contributed by atoms with Crippen LogP contribution in [-0.2, 0) is 9.59 Å². The second-order valence-electron chi connectivity index (χ2n) is 6.16. The van der Waals surface area contributed by atoms with Crippen molar-refractivity contribution in [1.29, 1.82) is 0 Å². The predicted octanol–water partition coefficient (Wildman–Crippen LogP) is 1.09. The monoisotopic (exact) mass is 268 g/mol. The van der Waals surface area contributed by atoms with Gasteiger partial charge < -0.3 is 15.3 Å². The van der Waals surface area contributed by atoms with Gasteiger partial charge in [0.2, 0.25) is 5.91 Å². The lowest BCUT2D eigenvalue weighted by molar-refractivity contribution is -0.147. The van der Waals surface area contributed by atoms with Crippen LogP contribution in [0.1, 0.15) is 39.0 Å². The van der Waals surface area contributed by atoms with Gasteiger partial charge in [0.25, 0.3) is 0 Å². The average Bonchev–Trinajstić information content (AvgIpc) is 2.81. The summed E-state index contributed by atoms with van der Waals surface area (Å²) >= 11 is 0. The molecule has 108 valence electrons. The van der Waals surface area contributed by atoms with Crippen molar-refractivity contribution in [1.82, 2.24) is 10.2 Å². The lowest BCUT2D eigenvalue weighted by atomic mass is 9.90. The summed E-state index contributed by atoms with van der Waals surface area (Å²) in [7, 11) is 0. The molecule has 2 aliphatic heterocycles. The molecule has 2 rings (SSSR count). The molecule has 2 fully saturated rings. The highest BCUT2D eigenvalue weighted by Crippen LogP contribution is 2.31. The Morgan fingerprint density at radius 1 is 1.37 bits per heavy atom. The fraction of sp³-hybridized carbons (Fsp3) is 0.857. The number of rotatable bonds is 4. The van der Waals surface area contributed by atoms with Crippen LogP contribution in [0.5, 0.6) is 0 Å². The number of hydrogen-bond acceptors (Lipinski definition) is 3. The fourth-order valence-electron chi connectivity index (χ4n) is 3.00. The van der Waals surface area contributed by atoms with Gasteiger partial charge in [-0.15, -0.1) is 0 Å². The number of nitrogens with one attached hydrogen (secondary N) is 1. The molecule has 2 saturated heterocycles. The number of likely N-dealkylation sites (tertiary alicyclic amines) is 1. The quantitative estimate of drug-likeness (QED) is 0.801. The molecule has 2 aliphatic rings. The van der Waals surface area contributed by atoms with Crippen LogP contribution in [0.15, 0.2) is 0 Å². The molecule has 0 aromatic rings. The predicted molar refractivity (Wildman–Crippen MR) is 71.8 cm³/mol. The summed E-state index contributed by atoms with van der Waals surface area (Å²) in [5.41, 5.74) is -0.746. The van der Waals surface area contributed by atoms with E-state index in [1.807, 2.05) is 0 Å². The van der Waals surface area contributed by atoms with Gasteiger partial charge in [-0.05, 0) is 51.6 Å². The van der Waals surface area contributed by atoms with Crippen molar-refractivity contribution in [3.05, 3.63) is 0 Å². The normalized spacial score (nSPS) is 28.6. The summed E-state index contributed by atoms with van der Waals surface area (Å²) in [6.45, 7) is 4.80. The molecule has 1 atom stereocenters. The number of carbonyl (C=O) groups excluding carboxylic acids is 1. The van der Waals surface area contributed by atoms with Crippen LogP contribution in [-0.4, -0.2) is 48.1 Å². The van der Waals surface area contributed by atoms with Crippen molar-refractivity contribution in [3.63, 3.8) is 0 Å². The van der Waals surface area contributed by atoms with E-state index in [0.29, 0.717) is 31.8 Å². The summed E-state index contributed by atoms with van der Waals surface area (Å²) in [6, 6.07) is 0. The van der Waals surface area contributed by atoms with Crippen LogP contribution in [0.4, 0.5) is 0 Å². The Morgan fingerprint density at radius 2 is 2.05 bits per heavy atom.